The van der Waals surface area contributed by atoms with Gasteiger partial charge in [0.1, 0.15) is 17.2 Å². The highest BCUT2D eigenvalue weighted by Gasteiger charge is 2.25. The number of nitrogens with zero attached hydrogens (tertiary/aromatic N) is 1. The zero-order valence-corrected chi connectivity index (χ0v) is 20.8. The maximum absolute atomic E-state index is 12.6. The van der Waals surface area contributed by atoms with Crippen molar-refractivity contribution in [2.45, 2.75) is 33.1 Å². The summed E-state index contributed by atoms with van der Waals surface area (Å²) >= 11 is 0. The van der Waals surface area contributed by atoms with Gasteiger partial charge in [-0.15, -0.1) is 0 Å². The second-order valence-corrected chi connectivity index (χ2v) is 8.72. The number of carbonyl (C=O) groups excluding carboxylic acids is 2. The quantitative estimate of drug-likeness (QED) is 0.377. The minimum absolute atomic E-state index is 0.00321. The Bertz CT molecular complexity index is 1190. The number of carbonyl (C=O) groups is 2. The zero-order chi connectivity index (χ0) is 25.3. The summed E-state index contributed by atoms with van der Waals surface area (Å²) in [5, 5.41) is 2.85. The molecule has 0 spiro atoms. The predicted octanol–water partition coefficient (Wildman–Crippen LogP) is 5.16. The van der Waals surface area contributed by atoms with Gasteiger partial charge in [0, 0.05) is 12.2 Å². The molecule has 7 heteroatoms. The number of anilines is 2. The predicted molar refractivity (Wildman–Crippen MR) is 140 cm³/mol. The number of unbranched alkanes of at least 4 members (excludes halogenated alkanes) is 1. The van der Waals surface area contributed by atoms with Gasteiger partial charge in [-0.25, -0.2) is 0 Å². The van der Waals surface area contributed by atoms with Gasteiger partial charge in [-0.05, 0) is 74.2 Å². The van der Waals surface area contributed by atoms with Crippen LogP contribution in [0, 0.1) is 6.92 Å². The Morgan fingerprint density at radius 3 is 2.64 bits per heavy atom. The fourth-order valence-electron chi connectivity index (χ4n) is 3.92. The van der Waals surface area contributed by atoms with Crippen LogP contribution in [0.15, 0.2) is 66.7 Å². The highest BCUT2D eigenvalue weighted by Crippen LogP contribution is 2.34. The van der Waals surface area contributed by atoms with E-state index in [0.717, 1.165) is 30.6 Å². The standard InChI is InChI=1S/C29H32N2O5/c1-3-22-7-6-8-25(17-22)35-19-28(32)30-23-11-14-27-26(18-23)31(29(33)20-36-27)15-4-5-16-34-24-12-9-21(2)10-13-24/h6-14,17-18H,3-5,15-16,19-20H2,1-2H3,(H,30,32). The number of fused-ring (bicyclic) bond motifs is 1. The van der Waals surface area contributed by atoms with Gasteiger partial charge in [0.2, 0.25) is 0 Å². The van der Waals surface area contributed by atoms with E-state index in [4.69, 9.17) is 14.2 Å². The first-order valence-electron chi connectivity index (χ1n) is 12.3. The third-order valence-electron chi connectivity index (χ3n) is 5.93. The minimum Gasteiger partial charge on any atom is -0.494 e. The summed E-state index contributed by atoms with van der Waals surface area (Å²) in [7, 11) is 0. The van der Waals surface area contributed by atoms with Crippen LogP contribution in [0.2, 0.25) is 0 Å². The van der Waals surface area contributed by atoms with Crippen molar-refractivity contribution < 1.29 is 23.8 Å². The summed E-state index contributed by atoms with van der Waals surface area (Å²) in [5.74, 6) is 1.74. The maximum Gasteiger partial charge on any atom is 0.265 e. The highest BCUT2D eigenvalue weighted by molar-refractivity contribution is 5.99. The van der Waals surface area contributed by atoms with Crippen LogP contribution in [0.5, 0.6) is 17.2 Å². The molecule has 0 fully saturated rings. The third-order valence-corrected chi connectivity index (χ3v) is 5.93. The van der Waals surface area contributed by atoms with Crippen LogP contribution in [-0.2, 0) is 16.0 Å². The lowest BCUT2D eigenvalue weighted by Gasteiger charge is -2.30. The van der Waals surface area contributed by atoms with Gasteiger partial charge in [0.25, 0.3) is 11.8 Å². The Labute approximate surface area is 212 Å². The molecule has 0 aliphatic carbocycles. The molecule has 0 unspecified atom stereocenters. The lowest BCUT2D eigenvalue weighted by atomic mass is 10.2. The number of hydrogen-bond acceptors (Lipinski definition) is 5. The van der Waals surface area contributed by atoms with Crippen molar-refractivity contribution in [2.24, 2.45) is 0 Å². The van der Waals surface area contributed by atoms with E-state index >= 15 is 0 Å². The first-order chi connectivity index (χ1) is 17.5. The third kappa shape index (κ3) is 6.78. The Morgan fingerprint density at radius 1 is 1.00 bits per heavy atom. The normalized spacial score (nSPS) is 12.5. The van der Waals surface area contributed by atoms with Crippen LogP contribution in [0.1, 0.15) is 30.9 Å². The molecular formula is C29H32N2O5. The molecule has 0 atom stereocenters. The monoisotopic (exact) mass is 488 g/mol. The highest BCUT2D eigenvalue weighted by atomic mass is 16.5. The van der Waals surface area contributed by atoms with Crippen LogP contribution in [0.3, 0.4) is 0 Å². The molecule has 1 N–H and O–H groups in total. The summed E-state index contributed by atoms with van der Waals surface area (Å²) in [4.78, 5) is 26.8. The molecule has 0 saturated carbocycles. The minimum atomic E-state index is -0.278. The van der Waals surface area contributed by atoms with Crippen molar-refractivity contribution in [3.05, 3.63) is 77.9 Å². The average molecular weight is 489 g/mol. The summed E-state index contributed by atoms with van der Waals surface area (Å²) in [5.41, 5.74) is 3.57. The van der Waals surface area contributed by atoms with Crippen molar-refractivity contribution in [3.63, 3.8) is 0 Å². The number of nitrogens with one attached hydrogen (secondary N) is 1. The van der Waals surface area contributed by atoms with Crippen molar-refractivity contribution in [3.8, 4) is 17.2 Å². The topological polar surface area (TPSA) is 77.1 Å². The molecule has 0 bridgehead atoms. The van der Waals surface area contributed by atoms with Crippen LogP contribution >= 0.6 is 0 Å². The van der Waals surface area contributed by atoms with E-state index in [2.05, 4.69) is 12.2 Å². The smallest absolute Gasteiger partial charge is 0.265 e. The van der Waals surface area contributed by atoms with Crippen molar-refractivity contribution >= 4 is 23.2 Å². The summed E-state index contributed by atoms with van der Waals surface area (Å²) in [6.45, 7) is 5.12. The number of hydrogen-bond donors (Lipinski definition) is 1. The Morgan fingerprint density at radius 2 is 1.83 bits per heavy atom. The SMILES string of the molecule is CCc1cccc(OCC(=O)Nc2ccc3c(c2)N(CCCCOc2ccc(C)cc2)C(=O)CO3)c1. The average Bonchev–Trinajstić information content (AvgIpc) is 2.89. The van der Waals surface area contributed by atoms with Gasteiger partial charge in [-0.1, -0.05) is 36.8 Å². The van der Waals surface area contributed by atoms with Crippen LogP contribution in [0.4, 0.5) is 11.4 Å². The molecule has 1 heterocycles. The molecule has 3 aromatic rings. The van der Waals surface area contributed by atoms with E-state index in [1.165, 1.54) is 5.56 Å². The number of amides is 2. The molecule has 2 amide bonds. The van der Waals surface area contributed by atoms with Crippen molar-refractivity contribution in [1.29, 1.82) is 0 Å². The molecule has 1 aliphatic rings. The summed E-state index contributed by atoms with van der Waals surface area (Å²) in [6, 6.07) is 21.0. The Balaban J connectivity index is 1.30. The van der Waals surface area contributed by atoms with Crippen LogP contribution in [-0.4, -0.2) is 38.2 Å². The second-order valence-electron chi connectivity index (χ2n) is 8.72. The molecule has 3 aromatic carbocycles. The molecule has 7 nitrogen and oxygen atoms in total. The number of benzene rings is 3. The number of rotatable bonds is 11. The van der Waals surface area contributed by atoms with E-state index in [9.17, 15) is 9.59 Å². The molecule has 0 aromatic heterocycles. The molecule has 0 radical (unpaired) electrons. The van der Waals surface area contributed by atoms with Crippen molar-refractivity contribution in [1.82, 2.24) is 0 Å². The summed E-state index contributed by atoms with van der Waals surface area (Å²) in [6.07, 6.45) is 2.48. The number of aryl methyl sites for hydroxylation is 2. The lowest BCUT2D eigenvalue weighted by molar-refractivity contribution is -0.121. The van der Waals surface area contributed by atoms with E-state index in [0.29, 0.717) is 36.0 Å². The van der Waals surface area contributed by atoms with E-state index in [1.807, 2.05) is 55.5 Å². The maximum atomic E-state index is 12.6. The Hall–Kier alpha value is -4.00. The zero-order valence-electron chi connectivity index (χ0n) is 20.8. The van der Waals surface area contributed by atoms with Gasteiger partial charge < -0.3 is 24.4 Å². The molecular weight excluding hydrogens is 456 g/mol. The Kier molecular flexibility index (Phi) is 8.44. The van der Waals surface area contributed by atoms with E-state index in [-0.39, 0.29) is 25.0 Å². The van der Waals surface area contributed by atoms with E-state index in [1.54, 1.807) is 23.1 Å². The first kappa shape index (κ1) is 25.1. The molecule has 1 aliphatic heterocycles. The molecule has 36 heavy (non-hydrogen) atoms. The molecule has 0 saturated heterocycles. The van der Waals surface area contributed by atoms with Crippen molar-refractivity contribution in [2.75, 3.05) is 36.6 Å². The van der Waals surface area contributed by atoms with Gasteiger partial charge in [0.15, 0.2) is 13.2 Å². The van der Waals surface area contributed by atoms with Gasteiger partial charge >= 0.3 is 0 Å². The fourth-order valence-corrected chi connectivity index (χ4v) is 3.92. The summed E-state index contributed by atoms with van der Waals surface area (Å²) < 4.78 is 17.0. The van der Waals surface area contributed by atoms with Gasteiger partial charge in [0.05, 0.1) is 12.3 Å². The van der Waals surface area contributed by atoms with E-state index < -0.39 is 0 Å². The van der Waals surface area contributed by atoms with Crippen LogP contribution < -0.4 is 24.4 Å². The van der Waals surface area contributed by atoms with Gasteiger partial charge in [-0.3, -0.25) is 9.59 Å². The fraction of sp³-hybridized carbons (Fsp3) is 0.310. The first-order valence-corrected chi connectivity index (χ1v) is 12.3. The number of ether oxygens (including phenoxy) is 3. The molecule has 4 rings (SSSR count). The second kappa shape index (κ2) is 12.1. The molecule has 188 valence electrons. The largest absolute Gasteiger partial charge is 0.494 e. The lowest BCUT2D eigenvalue weighted by Crippen LogP contribution is -2.39. The van der Waals surface area contributed by atoms with Crippen LogP contribution in [0.25, 0.3) is 0 Å². The van der Waals surface area contributed by atoms with Gasteiger partial charge in [-0.2, -0.15) is 0 Å².